The molecule has 2 atom stereocenters. The van der Waals surface area contributed by atoms with Crippen molar-refractivity contribution in [2.24, 2.45) is 11.7 Å². The molecule has 112 valence electrons. The summed E-state index contributed by atoms with van der Waals surface area (Å²) in [5, 5.41) is 2.85. The molecule has 0 heterocycles. The van der Waals surface area contributed by atoms with Crippen LogP contribution in [0.1, 0.15) is 32.3 Å². The van der Waals surface area contributed by atoms with Crippen LogP contribution in [0.15, 0.2) is 24.3 Å². The highest BCUT2D eigenvalue weighted by atomic mass is 16.5. The molecule has 20 heavy (non-hydrogen) atoms. The molecule has 0 saturated heterocycles. The second kappa shape index (κ2) is 8.59. The second-order valence-electron chi connectivity index (χ2n) is 5.17. The van der Waals surface area contributed by atoms with Crippen molar-refractivity contribution < 1.29 is 9.53 Å². The van der Waals surface area contributed by atoms with Crippen LogP contribution in [0.4, 0.5) is 0 Å². The van der Waals surface area contributed by atoms with Gasteiger partial charge in [0, 0.05) is 6.54 Å². The lowest BCUT2D eigenvalue weighted by molar-refractivity contribution is -0.123. The summed E-state index contributed by atoms with van der Waals surface area (Å²) in [4.78, 5) is 11.8. The molecule has 3 N–H and O–H groups in total. The van der Waals surface area contributed by atoms with Crippen molar-refractivity contribution in [3.05, 3.63) is 29.8 Å². The Morgan fingerprint density at radius 3 is 2.75 bits per heavy atom. The van der Waals surface area contributed by atoms with Crippen molar-refractivity contribution in [1.29, 1.82) is 0 Å². The predicted octanol–water partition coefficient (Wildman–Crippen LogP) is 2.25. The van der Waals surface area contributed by atoms with E-state index in [9.17, 15) is 4.79 Å². The summed E-state index contributed by atoms with van der Waals surface area (Å²) in [6.07, 6.45) is 1.68. The lowest BCUT2D eigenvalue weighted by atomic mass is 9.99. The summed E-state index contributed by atoms with van der Waals surface area (Å²) in [6.45, 7) is 7.22. The second-order valence-corrected chi connectivity index (χ2v) is 5.17. The number of aryl methyl sites for hydroxylation is 1. The Labute approximate surface area is 121 Å². The monoisotopic (exact) mass is 278 g/mol. The molecule has 0 aliphatic heterocycles. The fourth-order valence-corrected chi connectivity index (χ4v) is 1.81. The maximum atomic E-state index is 11.8. The number of carbonyl (C=O) groups is 1. The fraction of sp³-hybridized carbons (Fsp3) is 0.562. The van der Waals surface area contributed by atoms with Gasteiger partial charge in [-0.15, -0.1) is 0 Å². The third-order valence-electron chi connectivity index (χ3n) is 3.53. The molecule has 2 unspecified atom stereocenters. The van der Waals surface area contributed by atoms with Crippen LogP contribution in [0.5, 0.6) is 5.75 Å². The smallest absolute Gasteiger partial charge is 0.237 e. The number of hydrogen-bond acceptors (Lipinski definition) is 3. The van der Waals surface area contributed by atoms with E-state index in [4.69, 9.17) is 10.5 Å². The standard InChI is InChI=1S/C16H26N2O2/c1-4-12(2)15(17)16(19)18-10-7-11-20-14-9-6-5-8-13(14)3/h5-6,8-9,12,15H,4,7,10-11,17H2,1-3H3,(H,18,19). The van der Waals surface area contributed by atoms with Gasteiger partial charge in [-0.3, -0.25) is 4.79 Å². The first-order valence-corrected chi connectivity index (χ1v) is 7.28. The van der Waals surface area contributed by atoms with E-state index in [-0.39, 0.29) is 11.8 Å². The van der Waals surface area contributed by atoms with Crippen LogP contribution in [0, 0.1) is 12.8 Å². The quantitative estimate of drug-likeness (QED) is 0.717. The number of para-hydroxylation sites is 1. The number of ether oxygens (including phenoxy) is 1. The minimum atomic E-state index is -0.419. The minimum Gasteiger partial charge on any atom is -0.493 e. The van der Waals surface area contributed by atoms with Gasteiger partial charge in [-0.1, -0.05) is 38.5 Å². The van der Waals surface area contributed by atoms with Gasteiger partial charge in [-0.05, 0) is 30.9 Å². The average molecular weight is 278 g/mol. The minimum absolute atomic E-state index is 0.0739. The van der Waals surface area contributed by atoms with Gasteiger partial charge in [0.1, 0.15) is 5.75 Å². The Hall–Kier alpha value is -1.55. The first kappa shape index (κ1) is 16.5. The number of nitrogens with one attached hydrogen (secondary N) is 1. The van der Waals surface area contributed by atoms with Crippen molar-refractivity contribution in [3.63, 3.8) is 0 Å². The fourth-order valence-electron chi connectivity index (χ4n) is 1.81. The Balaban J connectivity index is 2.19. The maximum absolute atomic E-state index is 11.8. The zero-order chi connectivity index (χ0) is 15.0. The molecule has 1 amide bonds. The molecule has 1 aromatic carbocycles. The molecule has 0 saturated carbocycles. The van der Waals surface area contributed by atoms with Crippen LogP contribution in [-0.4, -0.2) is 25.1 Å². The lowest BCUT2D eigenvalue weighted by Crippen LogP contribution is -2.45. The molecule has 0 aromatic heterocycles. The highest BCUT2D eigenvalue weighted by Crippen LogP contribution is 2.15. The molecule has 4 nitrogen and oxygen atoms in total. The molecule has 4 heteroatoms. The van der Waals surface area contributed by atoms with Gasteiger partial charge in [0.2, 0.25) is 5.91 Å². The number of amides is 1. The van der Waals surface area contributed by atoms with Crippen molar-refractivity contribution in [2.45, 2.75) is 39.7 Å². The van der Waals surface area contributed by atoms with Crippen molar-refractivity contribution in [2.75, 3.05) is 13.2 Å². The summed E-state index contributed by atoms with van der Waals surface area (Å²) in [5.74, 6) is 1.03. The molecule has 0 aliphatic carbocycles. The van der Waals surface area contributed by atoms with Gasteiger partial charge in [0.25, 0.3) is 0 Å². The first-order chi connectivity index (χ1) is 9.56. The maximum Gasteiger partial charge on any atom is 0.237 e. The van der Waals surface area contributed by atoms with Gasteiger partial charge < -0.3 is 15.8 Å². The Morgan fingerprint density at radius 1 is 1.40 bits per heavy atom. The SMILES string of the molecule is CCC(C)C(N)C(=O)NCCCOc1ccccc1C. The summed E-state index contributed by atoms with van der Waals surface area (Å²) >= 11 is 0. The van der Waals surface area contributed by atoms with Crippen LogP contribution < -0.4 is 15.8 Å². The van der Waals surface area contributed by atoms with E-state index in [0.717, 1.165) is 24.2 Å². The summed E-state index contributed by atoms with van der Waals surface area (Å²) in [6, 6.07) is 7.49. The summed E-state index contributed by atoms with van der Waals surface area (Å²) in [5.41, 5.74) is 6.97. The van der Waals surface area contributed by atoms with E-state index >= 15 is 0 Å². The molecule has 0 bridgehead atoms. The zero-order valence-corrected chi connectivity index (χ0v) is 12.7. The van der Waals surface area contributed by atoms with Crippen molar-refractivity contribution in [3.8, 4) is 5.75 Å². The van der Waals surface area contributed by atoms with Gasteiger partial charge in [0.05, 0.1) is 12.6 Å². The topological polar surface area (TPSA) is 64.4 Å². The van der Waals surface area contributed by atoms with Crippen LogP contribution in [0.3, 0.4) is 0 Å². The third kappa shape index (κ3) is 5.21. The normalized spacial score (nSPS) is 13.6. The molecule has 0 spiro atoms. The van der Waals surface area contributed by atoms with Crippen LogP contribution >= 0.6 is 0 Å². The Bertz CT molecular complexity index is 421. The number of nitrogens with two attached hydrogens (primary N) is 1. The lowest BCUT2D eigenvalue weighted by Gasteiger charge is -2.17. The van der Waals surface area contributed by atoms with Crippen molar-refractivity contribution >= 4 is 5.91 Å². The molecule has 1 rings (SSSR count). The van der Waals surface area contributed by atoms with Gasteiger partial charge >= 0.3 is 0 Å². The molecular formula is C16H26N2O2. The zero-order valence-electron chi connectivity index (χ0n) is 12.7. The van der Waals surface area contributed by atoms with E-state index < -0.39 is 6.04 Å². The van der Waals surface area contributed by atoms with E-state index in [1.165, 1.54) is 0 Å². The average Bonchev–Trinajstić information content (AvgIpc) is 2.46. The highest BCUT2D eigenvalue weighted by Gasteiger charge is 2.18. The molecular weight excluding hydrogens is 252 g/mol. The number of carbonyl (C=O) groups excluding carboxylic acids is 1. The van der Waals surface area contributed by atoms with Crippen LogP contribution in [0.25, 0.3) is 0 Å². The molecule has 0 fully saturated rings. The Kier molecular flexibility index (Phi) is 7.09. The van der Waals surface area contributed by atoms with Crippen LogP contribution in [0.2, 0.25) is 0 Å². The van der Waals surface area contributed by atoms with E-state index in [1.54, 1.807) is 0 Å². The summed E-state index contributed by atoms with van der Waals surface area (Å²) < 4.78 is 5.67. The van der Waals surface area contributed by atoms with E-state index in [0.29, 0.717) is 13.2 Å². The largest absolute Gasteiger partial charge is 0.493 e. The van der Waals surface area contributed by atoms with E-state index in [1.807, 2.05) is 45.0 Å². The molecule has 0 radical (unpaired) electrons. The summed E-state index contributed by atoms with van der Waals surface area (Å²) in [7, 11) is 0. The van der Waals surface area contributed by atoms with Gasteiger partial charge in [0.15, 0.2) is 0 Å². The van der Waals surface area contributed by atoms with Gasteiger partial charge in [-0.2, -0.15) is 0 Å². The number of benzene rings is 1. The van der Waals surface area contributed by atoms with Crippen molar-refractivity contribution in [1.82, 2.24) is 5.32 Å². The third-order valence-corrected chi connectivity index (χ3v) is 3.53. The number of rotatable bonds is 8. The van der Waals surface area contributed by atoms with Gasteiger partial charge in [-0.25, -0.2) is 0 Å². The number of hydrogen-bond donors (Lipinski definition) is 2. The highest BCUT2D eigenvalue weighted by molar-refractivity contribution is 5.81. The molecule has 1 aromatic rings. The van der Waals surface area contributed by atoms with E-state index in [2.05, 4.69) is 5.32 Å². The first-order valence-electron chi connectivity index (χ1n) is 7.28. The predicted molar refractivity (Wildman–Crippen MR) is 81.7 cm³/mol. The van der Waals surface area contributed by atoms with Crippen LogP contribution in [-0.2, 0) is 4.79 Å². The Morgan fingerprint density at radius 2 is 2.10 bits per heavy atom. The molecule has 0 aliphatic rings.